The van der Waals surface area contributed by atoms with Crippen molar-refractivity contribution in [3.63, 3.8) is 0 Å². The number of anilines is 4. The summed E-state index contributed by atoms with van der Waals surface area (Å²) in [5.74, 6) is 0.948. The smallest absolute Gasteiger partial charge is 0.255 e. The van der Waals surface area contributed by atoms with Gasteiger partial charge in [-0.05, 0) is 30.9 Å². The number of carbonyl (C=O) groups is 1. The molecule has 1 unspecified atom stereocenters. The van der Waals surface area contributed by atoms with E-state index in [9.17, 15) is 13.6 Å². The average Bonchev–Trinajstić information content (AvgIpc) is 2.93. The fraction of sp³-hybridized carbons (Fsp3) is 0.500. The van der Waals surface area contributed by atoms with Crippen LogP contribution >= 0.6 is 11.6 Å². The predicted octanol–water partition coefficient (Wildman–Crippen LogP) is 2.75. The summed E-state index contributed by atoms with van der Waals surface area (Å²) in [5, 5.41) is 7.05. The molecule has 2 aromatic rings. The molecule has 2 aliphatic rings. The molecule has 0 saturated heterocycles. The number of hydrogen-bond donors (Lipinski definition) is 3. The summed E-state index contributed by atoms with van der Waals surface area (Å²) in [6.45, 7) is 1.70. The molecule has 1 fully saturated rings. The number of carbonyl (C=O) groups excluding carboxylic acids is 1. The first kappa shape index (κ1) is 24.6. The Morgan fingerprint density at radius 2 is 1.97 bits per heavy atom. The van der Waals surface area contributed by atoms with Crippen LogP contribution in [-0.4, -0.2) is 69.3 Å². The second-order valence-corrected chi connectivity index (χ2v) is 9.91. The first-order valence-corrected chi connectivity index (χ1v) is 12.8. The molecule has 3 atom stereocenters. The molecule has 184 valence electrons. The van der Waals surface area contributed by atoms with Gasteiger partial charge in [0.15, 0.2) is 5.82 Å². The number of para-hydroxylation sites is 1. The van der Waals surface area contributed by atoms with Gasteiger partial charge in [-0.25, -0.2) is 9.71 Å². The number of aromatic nitrogens is 2. The molecule has 1 aromatic heterocycles. The maximum atomic E-state index is 12.8. The molecule has 12 heteroatoms. The minimum atomic E-state index is -2.29. The standard InChI is InChI=1S/C22H30ClN7O3S/c1-29-10-11-30(2)21(31)15-7-5-9-18(19(15)29)27-22-24-13-16(23)20(28-22)26-17-8-4-3-6-14(17)12-25-34(32)33/h5,7,9,13-14,17,25H,3-4,6,8,10-12H2,1-2H3,(H,32,33)(H2,24,26,27,28)/p-1/t14-,17-/m1/s1. The average molecular weight is 507 g/mol. The van der Waals surface area contributed by atoms with Crippen molar-refractivity contribution in [2.24, 2.45) is 5.92 Å². The minimum Gasteiger partial charge on any atom is -0.760 e. The summed E-state index contributed by atoms with van der Waals surface area (Å²) in [7, 11) is 3.76. The number of halogens is 1. The number of rotatable bonds is 7. The lowest BCUT2D eigenvalue weighted by molar-refractivity contribution is 0.0805. The van der Waals surface area contributed by atoms with Gasteiger partial charge in [0, 0.05) is 51.0 Å². The van der Waals surface area contributed by atoms with Crippen LogP contribution in [-0.2, 0) is 11.3 Å². The molecule has 2 heterocycles. The van der Waals surface area contributed by atoms with Crippen LogP contribution in [0.25, 0.3) is 0 Å². The Morgan fingerprint density at radius 1 is 1.21 bits per heavy atom. The number of benzene rings is 1. The highest BCUT2D eigenvalue weighted by molar-refractivity contribution is 7.77. The van der Waals surface area contributed by atoms with Crippen molar-refractivity contribution in [2.45, 2.75) is 31.7 Å². The first-order valence-electron chi connectivity index (χ1n) is 11.3. The van der Waals surface area contributed by atoms with Gasteiger partial charge < -0.3 is 25.0 Å². The highest BCUT2D eigenvalue weighted by Crippen LogP contribution is 2.34. The van der Waals surface area contributed by atoms with Gasteiger partial charge in [0.2, 0.25) is 5.95 Å². The van der Waals surface area contributed by atoms with Crippen LogP contribution in [0.15, 0.2) is 24.4 Å². The van der Waals surface area contributed by atoms with Gasteiger partial charge in [-0.3, -0.25) is 9.00 Å². The van der Waals surface area contributed by atoms with E-state index in [2.05, 4.69) is 25.3 Å². The summed E-state index contributed by atoms with van der Waals surface area (Å²) >= 11 is 4.11. The third-order valence-electron chi connectivity index (χ3n) is 6.45. The Labute approximate surface area is 206 Å². The van der Waals surface area contributed by atoms with Gasteiger partial charge in [-0.2, -0.15) is 4.98 Å². The summed E-state index contributed by atoms with van der Waals surface area (Å²) in [6.07, 6.45) is 5.45. The molecule has 3 N–H and O–H groups in total. The van der Waals surface area contributed by atoms with Crippen LogP contribution in [0.2, 0.25) is 5.02 Å². The molecular formula is C22H29ClN7O3S-. The van der Waals surface area contributed by atoms with Crippen molar-refractivity contribution in [2.75, 3.05) is 49.3 Å². The van der Waals surface area contributed by atoms with Gasteiger partial charge in [0.05, 0.1) is 23.1 Å². The topological polar surface area (TPSA) is 126 Å². The molecule has 0 bridgehead atoms. The number of nitrogens with one attached hydrogen (secondary N) is 3. The van der Waals surface area contributed by atoms with Gasteiger partial charge in [0.1, 0.15) is 5.02 Å². The SMILES string of the molecule is CN1CCN(C)c2c(Nc3ncc(Cl)c(N[C@@H]4CCCC[C@@H]4CNS(=O)[O-])n3)cccc2C1=O. The Hall–Kier alpha value is -2.47. The van der Waals surface area contributed by atoms with Crippen LogP contribution in [0.5, 0.6) is 0 Å². The molecule has 1 aliphatic carbocycles. The van der Waals surface area contributed by atoms with Crippen molar-refractivity contribution in [1.82, 2.24) is 19.6 Å². The van der Waals surface area contributed by atoms with E-state index < -0.39 is 11.3 Å². The normalized spacial score (nSPS) is 21.6. The van der Waals surface area contributed by atoms with Gasteiger partial charge in [-0.15, -0.1) is 0 Å². The largest absolute Gasteiger partial charge is 0.760 e. The van der Waals surface area contributed by atoms with Crippen LogP contribution in [0, 0.1) is 5.92 Å². The maximum Gasteiger partial charge on any atom is 0.255 e. The van der Waals surface area contributed by atoms with E-state index in [-0.39, 0.29) is 17.9 Å². The quantitative estimate of drug-likeness (QED) is 0.489. The Bertz CT molecular complexity index is 1070. The van der Waals surface area contributed by atoms with Crippen LogP contribution in [0.1, 0.15) is 36.0 Å². The monoisotopic (exact) mass is 506 g/mol. The first-order chi connectivity index (χ1) is 16.3. The van der Waals surface area contributed by atoms with Crippen molar-refractivity contribution in [1.29, 1.82) is 0 Å². The zero-order valence-electron chi connectivity index (χ0n) is 19.2. The maximum absolute atomic E-state index is 12.8. The van der Waals surface area contributed by atoms with Gasteiger partial charge >= 0.3 is 0 Å². The molecule has 0 radical (unpaired) electrons. The highest BCUT2D eigenvalue weighted by Gasteiger charge is 2.27. The third-order valence-corrected chi connectivity index (χ3v) is 7.13. The second kappa shape index (κ2) is 10.9. The fourth-order valence-corrected chi connectivity index (χ4v) is 5.08. The summed E-state index contributed by atoms with van der Waals surface area (Å²) in [6, 6.07) is 5.59. The van der Waals surface area contributed by atoms with E-state index in [0.717, 1.165) is 37.1 Å². The van der Waals surface area contributed by atoms with Gasteiger partial charge in [-0.1, -0.05) is 30.5 Å². The summed E-state index contributed by atoms with van der Waals surface area (Å²) in [4.78, 5) is 25.5. The molecule has 1 aromatic carbocycles. The molecule has 4 rings (SSSR count). The molecule has 1 saturated carbocycles. The predicted molar refractivity (Wildman–Crippen MR) is 133 cm³/mol. The van der Waals surface area contributed by atoms with Crippen LogP contribution in [0.3, 0.4) is 0 Å². The van der Waals surface area contributed by atoms with E-state index >= 15 is 0 Å². The second-order valence-electron chi connectivity index (χ2n) is 8.74. The van der Waals surface area contributed by atoms with Gasteiger partial charge in [0.25, 0.3) is 5.91 Å². The molecule has 1 aliphatic heterocycles. The zero-order chi connectivity index (χ0) is 24.2. The fourth-order valence-electron chi connectivity index (χ4n) is 4.59. The highest BCUT2D eigenvalue weighted by atomic mass is 35.5. The summed E-state index contributed by atoms with van der Waals surface area (Å²) < 4.78 is 24.4. The van der Waals surface area contributed by atoms with Crippen LogP contribution in [0.4, 0.5) is 23.1 Å². The lowest BCUT2D eigenvalue weighted by Crippen LogP contribution is -2.39. The molecule has 10 nitrogen and oxygen atoms in total. The van der Waals surface area contributed by atoms with E-state index in [1.807, 2.05) is 30.1 Å². The summed E-state index contributed by atoms with van der Waals surface area (Å²) in [5.41, 5.74) is 2.15. The Balaban J connectivity index is 1.57. The van der Waals surface area contributed by atoms with Crippen molar-refractivity contribution < 1.29 is 13.6 Å². The third kappa shape index (κ3) is 5.60. The van der Waals surface area contributed by atoms with E-state index in [1.165, 1.54) is 6.20 Å². The van der Waals surface area contributed by atoms with Crippen molar-refractivity contribution in [3.05, 3.63) is 35.0 Å². The van der Waals surface area contributed by atoms with E-state index in [1.54, 1.807) is 11.9 Å². The van der Waals surface area contributed by atoms with E-state index in [4.69, 9.17) is 11.6 Å². The number of fused-ring (bicyclic) bond motifs is 1. The Morgan fingerprint density at radius 3 is 2.76 bits per heavy atom. The number of hydrogen-bond acceptors (Lipinski definition) is 8. The molecular weight excluding hydrogens is 478 g/mol. The number of likely N-dealkylation sites (N-methyl/N-ethyl adjacent to an activating group) is 2. The lowest BCUT2D eigenvalue weighted by atomic mass is 9.84. The van der Waals surface area contributed by atoms with Crippen molar-refractivity contribution >= 4 is 51.9 Å². The lowest BCUT2D eigenvalue weighted by Gasteiger charge is -2.33. The Kier molecular flexibility index (Phi) is 7.87. The minimum absolute atomic E-state index is 0.0293. The van der Waals surface area contributed by atoms with Crippen LogP contribution < -0.4 is 20.3 Å². The van der Waals surface area contributed by atoms with E-state index in [0.29, 0.717) is 42.0 Å². The van der Waals surface area contributed by atoms with Crippen molar-refractivity contribution in [3.8, 4) is 0 Å². The number of amides is 1. The number of nitrogens with zero attached hydrogens (tertiary/aromatic N) is 4. The molecule has 1 amide bonds. The molecule has 34 heavy (non-hydrogen) atoms. The molecule has 0 spiro atoms. The zero-order valence-corrected chi connectivity index (χ0v) is 20.8.